The van der Waals surface area contributed by atoms with E-state index in [4.69, 9.17) is 16.3 Å². The summed E-state index contributed by atoms with van der Waals surface area (Å²) in [7, 11) is 1.56. The molecule has 0 unspecified atom stereocenters. The molecule has 0 bridgehead atoms. The molecule has 182 valence electrons. The van der Waals surface area contributed by atoms with Crippen LogP contribution in [0, 0.1) is 16.7 Å². The van der Waals surface area contributed by atoms with Crippen LogP contribution in [0.1, 0.15) is 30.4 Å². The van der Waals surface area contributed by atoms with Crippen molar-refractivity contribution in [3.63, 3.8) is 0 Å². The summed E-state index contributed by atoms with van der Waals surface area (Å²) < 4.78 is 5.20. The molecule has 1 aliphatic rings. The zero-order valence-corrected chi connectivity index (χ0v) is 20.0. The van der Waals surface area contributed by atoms with Crippen LogP contribution in [0.2, 0.25) is 5.02 Å². The second-order valence-corrected chi connectivity index (χ2v) is 9.19. The van der Waals surface area contributed by atoms with Crippen molar-refractivity contribution >= 4 is 40.0 Å². The Balaban J connectivity index is 1.60. The van der Waals surface area contributed by atoms with Crippen LogP contribution in [0.25, 0.3) is 10.8 Å². The van der Waals surface area contributed by atoms with Crippen molar-refractivity contribution in [2.45, 2.75) is 25.8 Å². The van der Waals surface area contributed by atoms with Gasteiger partial charge in [0.15, 0.2) is 11.6 Å². The van der Waals surface area contributed by atoms with Crippen LogP contribution in [0.4, 0.5) is 11.6 Å². The van der Waals surface area contributed by atoms with Gasteiger partial charge in [-0.1, -0.05) is 17.7 Å². The first-order valence-corrected chi connectivity index (χ1v) is 11.6. The van der Waals surface area contributed by atoms with E-state index in [-0.39, 0.29) is 13.0 Å². The Hall–Kier alpha value is -3.61. The Labute approximate surface area is 207 Å². The highest BCUT2D eigenvalue weighted by Gasteiger charge is 2.37. The van der Waals surface area contributed by atoms with Gasteiger partial charge in [-0.25, -0.2) is 0 Å². The maximum absolute atomic E-state index is 11.3. The second kappa shape index (κ2) is 10.3. The summed E-state index contributed by atoms with van der Waals surface area (Å²) >= 11 is 6.24. The fraction of sp³-hybridized carbons (Fsp3) is 0.360. The highest BCUT2D eigenvalue weighted by molar-refractivity contribution is 6.32. The van der Waals surface area contributed by atoms with E-state index in [2.05, 4.69) is 26.5 Å². The zero-order chi connectivity index (χ0) is 25.0. The molecule has 2 heterocycles. The predicted octanol–water partition coefficient (Wildman–Crippen LogP) is 3.83. The van der Waals surface area contributed by atoms with E-state index < -0.39 is 11.4 Å². The average molecular weight is 496 g/mol. The van der Waals surface area contributed by atoms with Crippen LogP contribution >= 0.6 is 11.6 Å². The normalized spacial score (nSPS) is 15.0. The van der Waals surface area contributed by atoms with Gasteiger partial charge in [-0.2, -0.15) is 5.26 Å². The summed E-state index contributed by atoms with van der Waals surface area (Å²) in [6.07, 6.45) is 1.01. The van der Waals surface area contributed by atoms with Gasteiger partial charge in [0.25, 0.3) is 0 Å². The molecule has 1 aromatic heterocycles. The van der Waals surface area contributed by atoms with Crippen molar-refractivity contribution < 1.29 is 19.7 Å². The number of nitrogens with one attached hydrogen (secondary N) is 1. The minimum absolute atomic E-state index is 0.0620. The lowest BCUT2D eigenvalue weighted by molar-refractivity contribution is -0.141. The lowest BCUT2D eigenvalue weighted by Gasteiger charge is -2.40. The molecule has 10 heteroatoms. The van der Waals surface area contributed by atoms with E-state index in [1.165, 1.54) is 0 Å². The minimum atomic E-state index is -0.907. The molecule has 0 amide bonds. The highest BCUT2D eigenvalue weighted by atomic mass is 35.5. The summed E-state index contributed by atoms with van der Waals surface area (Å²) in [6, 6.07) is 13.1. The topological polar surface area (TPSA) is 132 Å². The number of piperidine rings is 1. The van der Waals surface area contributed by atoms with Crippen LogP contribution in [0.15, 0.2) is 36.4 Å². The van der Waals surface area contributed by atoms with Gasteiger partial charge in [0.2, 0.25) is 0 Å². The molecule has 2 aromatic carbocycles. The molecule has 1 fully saturated rings. The fourth-order valence-corrected chi connectivity index (χ4v) is 4.76. The zero-order valence-electron chi connectivity index (χ0n) is 19.3. The monoisotopic (exact) mass is 495 g/mol. The molecule has 35 heavy (non-hydrogen) atoms. The van der Waals surface area contributed by atoms with Crippen LogP contribution in [0.3, 0.4) is 0 Å². The number of rotatable bonds is 8. The van der Waals surface area contributed by atoms with E-state index in [0.29, 0.717) is 60.4 Å². The van der Waals surface area contributed by atoms with Crippen molar-refractivity contribution in [3.05, 3.63) is 52.5 Å². The van der Waals surface area contributed by atoms with Crippen LogP contribution in [-0.2, 0) is 11.3 Å². The molecule has 3 N–H and O–H groups in total. The smallest absolute Gasteiger partial charge is 0.303 e. The molecule has 0 radical (unpaired) electrons. The molecule has 0 atom stereocenters. The van der Waals surface area contributed by atoms with Gasteiger partial charge >= 0.3 is 5.97 Å². The van der Waals surface area contributed by atoms with Crippen LogP contribution in [-0.4, -0.2) is 53.2 Å². The number of hydrogen-bond donors (Lipinski definition) is 3. The Bertz CT molecular complexity index is 1280. The van der Waals surface area contributed by atoms with Gasteiger partial charge in [-0.05, 0) is 48.7 Å². The van der Waals surface area contributed by atoms with Crippen molar-refractivity contribution in [2.75, 3.05) is 37.0 Å². The number of carbonyl (C=O) groups is 1. The molecule has 0 saturated carbocycles. The van der Waals surface area contributed by atoms with E-state index in [9.17, 15) is 20.3 Å². The van der Waals surface area contributed by atoms with Crippen molar-refractivity contribution in [1.29, 1.82) is 5.26 Å². The summed E-state index contributed by atoms with van der Waals surface area (Å²) in [5.41, 5.74) is 0.813. The van der Waals surface area contributed by atoms with Gasteiger partial charge in [0.1, 0.15) is 5.75 Å². The standard InChI is InChI=1S/C25H26ClN5O4/c1-35-21-5-3-17(11-20(21)26)14-28-23-19-10-16(13-27)2-4-18(19)24(30-29-23)31-8-6-25(15-32,7-9-31)12-22(33)34/h2-5,10-11,32H,6-9,12,14-15H2,1H3,(H,28,29)(H,33,34). The first-order valence-electron chi connectivity index (χ1n) is 11.2. The third kappa shape index (κ3) is 5.24. The Morgan fingerprint density at radius 1 is 1.23 bits per heavy atom. The first kappa shape index (κ1) is 24.5. The number of fused-ring (bicyclic) bond motifs is 1. The molecular formula is C25H26ClN5O4. The van der Waals surface area contributed by atoms with E-state index in [1.54, 1.807) is 25.3 Å². The van der Waals surface area contributed by atoms with Crippen LogP contribution in [0.5, 0.6) is 5.75 Å². The number of benzene rings is 2. The van der Waals surface area contributed by atoms with E-state index >= 15 is 0 Å². The Morgan fingerprint density at radius 3 is 2.63 bits per heavy atom. The van der Waals surface area contributed by atoms with E-state index in [0.717, 1.165) is 16.3 Å². The Kier molecular flexibility index (Phi) is 7.24. The number of aliphatic carboxylic acids is 1. The number of ether oxygens (including phenoxy) is 1. The molecule has 0 aliphatic carbocycles. The molecule has 4 rings (SSSR count). The SMILES string of the molecule is COc1ccc(CNc2nnc(N3CCC(CO)(CC(=O)O)CC3)c3ccc(C#N)cc23)cc1Cl. The number of aliphatic hydroxyl groups is 1. The molecule has 1 aliphatic heterocycles. The lowest BCUT2D eigenvalue weighted by atomic mass is 9.76. The number of carboxylic acid groups (broad SMARTS) is 1. The number of carboxylic acids is 1. The van der Waals surface area contributed by atoms with Gasteiger partial charge in [-0.15, -0.1) is 10.2 Å². The van der Waals surface area contributed by atoms with Crippen molar-refractivity contribution in [1.82, 2.24) is 10.2 Å². The van der Waals surface area contributed by atoms with Gasteiger partial charge in [0.05, 0.1) is 30.2 Å². The molecule has 0 spiro atoms. The minimum Gasteiger partial charge on any atom is -0.495 e. The fourth-order valence-electron chi connectivity index (χ4n) is 4.48. The third-order valence-electron chi connectivity index (χ3n) is 6.55. The molecule has 9 nitrogen and oxygen atoms in total. The number of anilines is 2. The quantitative estimate of drug-likeness (QED) is 0.426. The maximum atomic E-state index is 11.3. The number of aliphatic hydroxyl groups excluding tert-OH is 1. The molecular weight excluding hydrogens is 470 g/mol. The number of nitriles is 1. The average Bonchev–Trinajstić information content (AvgIpc) is 2.87. The number of nitrogens with zero attached hydrogens (tertiary/aromatic N) is 4. The van der Waals surface area contributed by atoms with E-state index in [1.807, 2.05) is 18.2 Å². The molecule has 3 aromatic rings. The molecule has 1 saturated heterocycles. The van der Waals surface area contributed by atoms with Gasteiger partial charge in [-0.3, -0.25) is 4.79 Å². The number of hydrogen-bond acceptors (Lipinski definition) is 8. The highest BCUT2D eigenvalue weighted by Crippen LogP contribution is 2.38. The Morgan fingerprint density at radius 2 is 2.00 bits per heavy atom. The number of aromatic nitrogens is 2. The van der Waals surface area contributed by atoms with Crippen LogP contribution < -0.4 is 15.0 Å². The van der Waals surface area contributed by atoms with Crippen molar-refractivity contribution in [2.24, 2.45) is 5.41 Å². The van der Waals surface area contributed by atoms with Gasteiger partial charge in [0, 0.05) is 42.4 Å². The largest absolute Gasteiger partial charge is 0.495 e. The summed E-state index contributed by atoms with van der Waals surface area (Å²) in [4.78, 5) is 13.3. The summed E-state index contributed by atoms with van der Waals surface area (Å²) in [6.45, 7) is 1.38. The number of halogens is 1. The third-order valence-corrected chi connectivity index (χ3v) is 6.85. The first-order chi connectivity index (χ1) is 16.9. The maximum Gasteiger partial charge on any atom is 0.303 e. The summed E-state index contributed by atoms with van der Waals surface area (Å²) in [5.74, 6) is 0.902. The number of methoxy groups -OCH3 is 1. The summed E-state index contributed by atoms with van der Waals surface area (Å²) in [5, 5.41) is 42.8. The van der Waals surface area contributed by atoms with Gasteiger partial charge < -0.3 is 25.2 Å². The lowest BCUT2D eigenvalue weighted by Crippen LogP contribution is -2.43. The predicted molar refractivity (Wildman–Crippen MR) is 133 cm³/mol. The second-order valence-electron chi connectivity index (χ2n) is 8.78. The van der Waals surface area contributed by atoms with Crippen molar-refractivity contribution in [3.8, 4) is 11.8 Å².